The fourth-order valence-electron chi connectivity index (χ4n) is 0.898. The van der Waals surface area contributed by atoms with E-state index >= 15 is 0 Å². The maximum absolute atomic E-state index is 12.9. The lowest BCUT2D eigenvalue weighted by Gasteiger charge is -2.04. The van der Waals surface area contributed by atoms with Gasteiger partial charge in [-0.05, 0) is 0 Å². The van der Waals surface area contributed by atoms with Crippen molar-refractivity contribution in [1.29, 1.82) is 0 Å². The van der Waals surface area contributed by atoms with Crippen molar-refractivity contribution in [2.45, 2.75) is 6.43 Å². The standard InChI is InChI=1S/C8H5F4NO2/c1-15-8(14)4-2-3(9)5(6(10)11)7(12)13-4/h2,6H,1H3. The first-order valence-corrected chi connectivity index (χ1v) is 3.69. The molecule has 1 aromatic heterocycles. The van der Waals surface area contributed by atoms with Crippen molar-refractivity contribution in [2.24, 2.45) is 0 Å². The van der Waals surface area contributed by atoms with Gasteiger partial charge in [0.1, 0.15) is 11.4 Å². The van der Waals surface area contributed by atoms with E-state index in [2.05, 4.69) is 9.72 Å². The van der Waals surface area contributed by atoms with E-state index < -0.39 is 35.4 Å². The molecule has 0 aliphatic rings. The summed E-state index contributed by atoms with van der Waals surface area (Å²) in [7, 11) is 0.973. The lowest BCUT2D eigenvalue weighted by atomic mass is 10.2. The van der Waals surface area contributed by atoms with Crippen molar-refractivity contribution in [3.63, 3.8) is 0 Å². The minimum Gasteiger partial charge on any atom is -0.464 e. The number of hydrogen-bond donors (Lipinski definition) is 0. The fourth-order valence-corrected chi connectivity index (χ4v) is 0.898. The van der Waals surface area contributed by atoms with Gasteiger partial charge in [0.25, 0.3) is 6.43 Å². The van der Waals surface area contributed by atoms with Crippen LogP contribution in [0.5, 0.6) is 0 Å². The van der Waals surface area contributed by atoms with Crippen LogP contribution in [-0.2, 0) is 4.74 Å². The molecule has 0 saturated carbocycles. The van der Waals surface area contributed by atoms with Crippen LogP contribution >= 0.6 is 0 Å². The molecule has 0 fully saturated rings. The van der Waals surface area contributed by atoms with Crippen molar-refractivity contribution in [1.82, 2.24) is 4.98 Å². The van der Waals surface area contributed by atoms with Gasteiger partial charge in [0.2, 0.25) is 5.95 Å². The highest BCUT2D eigenvalue weighted by molar-refractivity contribution is 5.87. The van der Waals surface area contributed by atoms with Crippen molar-refractivity contribution in [2.75, 3.05) is 7.11 Å². The summed E-state index contributed by atoms with van der Waals surface area (Å²) in [5.74, 6) is -4.35. The second-order valence-electron chi connectivity index (χ2n) is 2.49. The summed E-state index contributed by atoms with van der Waals surface area (Å²) in [6.45, 7) is 0. The number of halogens is 4. The van der Waals surface area contributed by atoms with Gasteiger partial charge in [-0.1, -0.05) is 0 Å². The number of hydrogen-bond acceptors (Lipinski definition) is 3. The van der Waals surface area contributed by atoms with Gasteiger partial charge in [-0.2, -0.15) is 4.39 Å². The Kier molecular flexibility index (Phi) is 3.23. The van der Waals surface area contributed by atoms with Crippen molar-refractivity contribution >= 4 is 5.97 Å². The SMILES string of the molecule is COC(=O)c1cc(F)c(C(F)F)c(F)n1. The van der Waals surface area contributed by atoms with Crippen LogP contribution in [0.15, 0.2) is 6.07 Å². The van der Waals surface area contributed by atoms with Crippen LogP contribution in [0, 0.1) is 11.8 Å². The third-order valence-electron chi connectivity index (χ3n) is 1.57. The Labute approximate surface area is 81.7 Å². The summed E-state index contributed by atoms with van der Waals surface area (Å²) in [5.41, 5.74) is -2.15. The maximum atomic E-state index is 12.9. The van der Waals surface area contributed by atoms with Crippen LogP contribution in [0.1, 0.15) is 22.5 Å². The molecular weight excluding hydrogens is 218 g/mol. The van der Waals surface area contributed by atoms with E-state index in [1.54, 1.807) is 0 Å². The Hall–Kier alpha value is -1.66. The molecular formula is C8H5F4NO2. The highest BCUT2D eigenvalue weighted by atomic mass is 19.3. The molecule has 1 aromatic rings. The smallest absolute Gasteiger partial charge is 0.356 e. The zero-order chi connectivity index (χ0) is 11.6. The third-order valence-corrected chi connectivity index (χ3v) is 1.57. The predicted molar refractivity (Wildman–Crippen MR) is 40.4 cm³/mol. The Morgan fingerprint density at radius 2 is 2.07 bits per heavy atom. The Morgan fingerprint density at radius 3 is 2.47 bits per heavy atom. The third kappa shape index (κ3) is 2.23. The molecule has 0 N–H and O–H groups in total. The number of rotatable bonds is 2. The van der Waals surface area contributed by atoms with E-state index in [4.69, 9.17) is 0 Å². The van der Waals surface area contributed by atoms with Gasteiger partial charge in [-0.25, -0.2) is 22.9 Å². The lowest BCUT2D eigenvalue weighted by Crippen LogP contribution is -2.09. The highest BCUT2D eigenvalue weighted by Gasteiger charge is 2.23. The van der Waals surface area contributed by atoms with Gasteiger partial charge in [-0.3, -0.25) is 0 Å². The Balaban J connectivity index is 3.25. The van der Waals surface area contributed by atoms with Gasteiger partial charge >= 0.3 is 5.97 Å². The maximum Gasteiger partial charge on any atom is 0.356 e. The summed E-state index contributed by atoms with van der Waals surface area (Å²) in [4.78, 5) is 13.7. The number of carbonyl (C=O) groups excluding carboxylic acids is 1. The van der Waals surface area contributed by atoms with Crippen LogP contribution in [0.25, 0.3) is 0 Å². The van der Waals surface area contributed by atoms with Crippen molar-refractivity contribution < 1.29 is 27.1 Å². The van der Waals surface area contributed by atoms with E-state index in [-0.39, 0.29) is 0 Å². The lowest BCUT2D eigenvalue weighted by molar-refractivity contribution is 0.0590. The molecule has 0 aliphatic carbocycles. The van der Waals surface area contributed by atoms with E-state index in [1.165, 1.54) is 0 Å². The molecule has 0 atom stereocenters. The first kappa shape index (κ1) is 11.4. The van der Waals surface area contributed by atoms with E-state index in [0.717, 1.165) is 7.11 Å². The molecule has 0 spiro atoms. The average Bonchev–Trinajstić information content (AvgIpc) is 2.14. The number of pyridine rings is 1. The molecule has 7 heteroatoms. The monoisotopic (exact) mass is 223 g/mol. The molecule has 0 unspecified atom stereocenters. The minimum atomic E-state index is -3.33. The number of ether oxygens (including phenoxy) is 1. The second-order valence-corrected chi connectivity index (χ2v) is 2.49. The van der Waals surface area contributed by atoms with E-state index in [1.807, 2.05) is 0 Å². The Morgan fingerprint density at radius 1 is 1.47 bits per heavy atom. The number of methoxy groups -OCH3 is 1. The van der Waals surface area contributed by atoms with Gasteiger partial charge in [0.15, 0.2) is 5.69 Å². The topological polar surface area (TPSA) is 39.2 Å². The second kappa shape index (κ2) is 4.24. The highest BCUT2D eigenvalue weighted by Crippen LogP contribution is 2.24. The van der Waals surface area contributed by atoms with Crippen LogP contribution < -0.4 is 0 Å². The van der Waals surface area contributed by atoms with E-state index in [9.17, 15) is 22.4 Å². The quantitative estimate of drug-likeness (QED) is 0.437. The molecule has 0 radical (unpaired) electrons. The summed E-state index contributed by atoms with van der Waals surface area (Å²) < 4.78 is 54.0. The van der Waals surface area contributed by atoms with Gasteiger partial charge in [0, 0.05) is 6.07 Å². The number of carbonyl (C=O) groups is 1. The summed E-state index contributed by atoms with van der Waals surface area (Å²) >= 11 is 0. The van der Waals surface area contributed by atoms with Crippen LogP contribution in [0.4, 0.5) is 17.6 Å². The molecule has 15 heavy (non-hydrogen) atoms. The molecule has 0 aliphatic heterocycles. The fraction of sp³-hybridized carbons (Fsp3) is 0.250. The average molecular weight is 223 g/mol. The molecule has 82 valence electrons. The van der Waals surface area contributed by atoms with Crippen molar-refractivity contribution in [3.05, 3.63) is 29.1 Å². The molecule has 0 amide bonds. The molecule has 0 saturated heterocycles. The summed E-state index contributed by atoms with van der Waals surface area (Å²) in [5, 5.41) is 0. The zero-order valence-electron chi connectivity index (χ0n) is 7.43. The number of nitrogens with zero attached hydrogens (tertiary/aromatic N) is 1. The zero-order valence-corrected chi connectivity index (χ0v) is 7.43. The first-order chi connectivity index (χ1) is 6.97. The Bertz CT molecular complexity index is 371. The van der Waals surface area contributed by atoms with Crippen LogP contribution in [0.3, 0.4) is 0 Å². The van der Waals surface area contributed by atoms with Crippen LogP contribution in [0.2, 0.25) is 0 Å². The number of esters is 1. The summed E-state index contributed by atoms with van der Waals surface area (Å²) in [6.07, 6.45) is -3.33. The molecule has 1 heterocycles. The van der Waals surface area contributed by atoms with Gasteiger partial charge in [0.05, 0.1) is 7.11 Å². The molecule has 1 rings (SSSR count). The van der Waals surface area contributed by atoms with Gasteiger partial charge in [-0.15, -0.1) is 0 Å². The minimum absolute atomic E-state index is 0.399. The van der Waals surface area contributed by atoms with Gasteiger partial charge < -0.3 is 4.74 Å². The van der Waals surface area contributed by atoms with E-state index in [0.29, 0.717) is 6.07 Å². The number of alkyl halides is 2. The molecule has 0 bridgehead atoms. The van der Waals surface area contributed by atoms with Crippen molar-refractivity contribution in [3.8, 4) is 0 Å². The largest absolute Gasteiger partial charge is 0.464 e. The summed E-state index contributed by atoms with van der Waals surface area (Å²) in [6, 6.07) is 0.399. The van der Waals surface area contributed by atoms with Crippen LogP contribution in [-0.4, -0.2) is 18.1 Å². The molecule has 0 aromatic carbocycles. The predicted octanol–water partition coefficient (Wildman–Crippen LogP) is 2.08. The molecule has 3 nitrogen and oxygen atoms in total. The normalized spacial score (nSPS) is 10.5. The number of aromatic nitrogens is 1. The first-order valence-electron chi connectivity index (χ1n) is 3.69.